The lowest BCUT2D eigenvalue weighted by molar-refractivity contribution is 0.102. The molecule has 1 heterocycles. The van der Waals surface area contributed by atoms with Crippen LogP contribution in [0.1, 0.15) is 28.2 Å². The van der Waals surface area contributed by atoms with E-state index in [4.69, 9.17) is 0 Å². The largest absolute Gasteiger partial charge is 0.321 e. The van der Waals surface area contributed by atoms with Crippen molar-refractivity contribution in [1.82, 2.24) is 9.78 Å². The van der Waals surface area contributed by atoms with Gasteiger partial charge in [-0.1, -0.05) is 18.2 Å². The number of rotatable bonds is 3. The average Bonchev–Trinajstić information content (AvgIpc) is 3.20. The molecule has 0 radical (unpaired) electrons. The summed E-state index contributed by atoms with van der Waals surface area (Å²) in [7, 11) is 0. The number of benzene rings is 2. The van der Waals surface area contributed by atoms with Crippen LogP contribution in [0.25, 0.3) is 5.69 Å². The van der Waals surface area contributed by atoms with Crippen LogP contribution in [0.4, 0.5) is 14.5 Å². The molecule has 1 aliphatic carbocycles. The van der Waals surface area contributed by atoms with Crippen LogP contribution in [0.5, 0.6) is 0 Å². The van der Waals surface area contributed by atoms with Gasteiger partial charge in [-0.05, 0) is 43.5 Å². The molecule has 1 aromatic heterocycles. The summed E-state index contributed by atoms with van der Waals surface area (Å²) in [5.41, 5.74) is 3.18. The highest BCUT2D eigenvalue weighted by molar-refractivity contribution is 6.04. The molecule has 6 heteroatoms. The zero-order valence-corrected chi connectivity index (χ0v) is 13.3. The number of hydrogen-bond donors (Lipinski definition) is 1. The molecule has 0 atom stereocenters. The van der Waals surface area contributed by atoms with Gasteiger partial charge in [-0.15, -0.1) is 0 Å². The number of carbonyl (C=O) groups is 1. The molecule has 0 saturated heterocycles. The highest BCUT2D eigenvalue weighted by Crippen LogP contribution is 2.28. The van der Waals surface area contributed by atoms with E-state index >= 15 is 0 Å². The molecule has 0 fully saturated rings. The van der Waals surface area contributed by atoms with E-state index in [-0.39, 0.29) is 5.91 Å². The van der Waals surface area contributed by atoms with Crippen LogP contribution in [0.3, 0.4) is 0 Å². The van der Waals surface area contributed by atoms with Crippen molar-refractivity contribution >= 4 is 11.6 Å². The number of hydrogen-bond acceptors (Lipinski definition) is 2. The van der Waals surface area contributed by atoms with Gasteiger partial charge < -0.3 is 5.32 Å². The molecule has 0 saturated carbocycles. The highest BCUT2D eigenvalue weighted by Gasteiger charge is 2.27. The van der Waals surface area contributed by atoms with Gasteiger partial charge in [0.2, 0.25) is 0 Å². The quantitative estimate of drug-likeness (QED) is 0.787. The molecule has 1 aliphatic rings. The number of para-hydroxylation sites is 1. The van der Waals surface area contributed by atoms with E-state index in [1.807, 2.05) is 18.2 Å². The van der Waals surface area contributed by atoms with Crippen molar-refractivity contribution < 1.29 is 13.6 Å². The molecule has 0 bridgehead atoms. The summed E-state index contributed by atoms with van der Waals surface area (Å²) in [5.74, 6) is -2.14. The molecular formula is C19H15F2N3O. The van der Waals surface area contributed by atoms with Crippen LogP contribution >= 0.6 is 0 Å². The lowest BCUT2D eigenvalue weighted by Crippen LogP contribution is -2.14. The van der Waals surface area contributed by atoms with Crippen molar-refractivity contribution in [3.63, 3.8) is 0 Å². The van der Waals surface area contributed by atoms with Gasteiger partial charge in [0.15, 0.2) is 17.3 Å². The first kappa shape index (κ1) is 15.5. The van der Waals surface area contributed by atoms with Crippen LogP contribution in [-0.2, 0) is 12.8 Å². The lowest BCUT2D eigenvalue weighted by atomic mass is 10.2. The summed E-state index contributed by atoms with van der Waals surface area (Å²) in [6, 6.07) is 12.8. The van der Waals surface area contributed by atoms with Crippen LogP contribution < -0.4 is 5.32 Å². The van der Waals surface area contributed by atoms with E-state index in [2.05, 4.69) is 10.4 Å². The summed E-state index contributed by atoms with van der Waals surface area (Å²) >= 11 is 0. The van der Waals surface area contributed by atoms with Gasteiger partial charge in [0, 0.05) is 23.0 Å². The monoisotopic (exact) mass is 339 g/mol. The number of aromatic nitrogens is 2. The number of nitrogens with zero attached hydrogens (tertiary/aromatic N) is 2. The second kappa shape index (κ2) is 6.12. The van der Waals surface area contributed by atoms with Gasteiger partial charge in [0.05, 0.1) is 5.69 Å². The van der Waals surface area contributed by atoms with E-state index in [1.54, 1.807) is 16.8 Å². The SMILES string of the molecule is O=C(Nc1ccccc1)c1nn(-c2ccc(F)c(F)c2)c2c1CCC2. The van der Waals surface area contributed by atoms with Gasteiger partial charge in [-0.25, -0.2) is 13.5 Å². The summed E-state index contributed by atoms with van der Waals surface area (Å²) in [4.78, 5) is 12.6. The van der Waals surface area contributed by atoms with Crippen molar-refractivity contribution in [3.8, 4) is 5.69 Å². The maximum absolute atomic E-state index is 13.6. The number of carbonyl (C=O) groups excluding carboxylic acids is 1. The van der Waals surface area contributed by atoms with Gasteiger partial charge in [0.1, 0.15) is 0 Å². The molecular weight excluding hydrogens is 324 g/mol. The Bertz CT molecular complexity index is 951. The minimum Gasteiger partial charge on any atom is -0.321 e. The minimum absolute atomic E-state index is 0.300. The molecule has 1 N–H and O–H groups in total. The summed E-state index contributed by atoms with van der Waals surface area (Å²) < 4.78 is 28.3. The summed E-state index contributed by atoms with van der Waals surface area (Å²) in [5, 5.41) is 7.21. The standard InChI is InChI=1S/C19H15F2N3O/c20-15-10-9-13(11-16(15)21)24-17-8-4-7-14(17)18(23-24)19(25)22-12-5-2-1-3-6-12/h1-3,5-6,9-11H,4,7-8H2,(H,22,25). The molecule has 1 amide bonds. The van der Waals surface area contributed by atoms with Gasteiger partial charge in [0.25, 0.3) is 5.91 Å². The Hall–Kier alpha value is -3.02. The molecule has 0 aliphatic heterocycles. The zero-order chi connectivity index (χ0) is 17.4. The first-order valence-electron chi connectivity index (χ1n) is 8.06. The van der Waals surface area contributed by atoms with Crippen LogP contribution in [0.15, 0.2) is 48.5 Å². The number of fused-ring (bicyclic) bond motifs is 1. The fourth-order valence-corrected chi connectivity index (χ4v) is 3.16. The first-order valence-corrected chi connectivity index (χ1v) is 8.06. The van der Waals surface area contributed by atoms with Gasteiger partial charge in [-0.3, -0.25) is 4.79 Å². The van der Waals surface area contributed by atoms with E-state index in [0.717, 1.165) is 42.7 Å². The van der Waals surface area contributed by atoms with E-state index in [1.165, 1.54) is 6.07 Å². The lowest BCUT2D eigenvalue weighted by Gasteiger charge is -2.06. The Morgan fingerprint density at radius 1 is 1.04 bits per heavy atom. The van der Waals surface area contributed by atoms with Crippen LogP contribution in [0.2, 0.25) is 0 Å². The Morgan fingerprint density at radius 3 is 2.60 bits per heavy atom. The summed E-state index contributed by atoms with van der Waals surface area (Å²) in [6.07, 6.45) is 2.40. The Morgan fingerprint density at radius 2 is 1.84 bits per heavy atom. The van der Waals surface area contributed by atoms with E-state index in [9.17, 15) is 13.6 Å². The van der Waals surface area contributed by atoms with Crippen molar-refractivity contribution in [3.05, 3.63) is 77.1 Å². The average molecular weight is 339 g/mol. The fourth-order valence-electron chi connectivity index (χ4n) is 3.16. The molecule has 4 nitrogen and oxygen atoms in total. The Kier molecular flexibility index (Phi) is 3.80. The van der Waals surface area contributed by atoms with Gasteiger partial charge in [-0.2, -0.15) is 5.10 Å². The molecule has 126 valence electrons. The Labute approximate surface area is 143 Å². The molecule has 4 rings (SSSR count). The highest BCUT2D eigenvalue weighted by atomic mass is 19.2. The predicted octanol–water partition coefficient (Wildman–Crippen LogP) is 3.89. The van der Waals surface area contributed by atoms with Crippen molar-refractivity contribution in [2.75, 3.05) is 5.32 Å². The smallest absolute Gasteiger partial charge is 0.276 e. The number of halogens is 2. The zero-order valence-electron chi connectivity index (χ0n) is 13.3. The number of anilines is 1. The van der Waals surface area contributed by atoms with Crippen LogP contribution in [0, 0.1) is 11.6 Å². The Balaban J connectivity index is 1.72. The minimum atomic E-state index is -0.935. The second-order valence-corrected chi connectivity index (χ2v) is 5.96. The van der Waals surface area contributed by atoms with Crippen molar-refractivity contribution in [2.24, 2.45) is 0 Å². The topological polar surface area (TPSA) is 46.9 Å². The van der Waals surface area contributed by atoms with E-state index in [0.29, 0.717) is 17.1 Å². The normalized spacial score (nSPS) is 12.9. The second-order valence-electron chi connectivity index (χ2n) is 5.96. The van der Waals surface area contributed by atoms with Gasteiger partial charge >= 0.3 is 0 Å². The van der Waals surface area contributed by atoms with E-state index < -0.39 is 11.6 Å². The third-order valence-electron chi connectivity index (χ3n) is 4.32. The maximum atomic E-state index is 13.6. The predicted molar refractivity (Wildman–Crippen MR) is 89.9 cm³/mol. The maximum Gasteiger partial charge on any atom is 0.276 e. The number of amides is 1. The third-order valence-corrected chi connectivity index (χ3v) is 4.32. The number of nitrogens with one attached hydrogen (secondary N) is 1. The molecule has 0 spiro atoms. The molecule has 2 aromatic carbocycles. The third kappa shape index (κ3) is 2.80. The molecule has 25 heavy (non-hydrogen) atoms. The fraction of sp³-hybridized carbons (Fsp3) is 0.158. The first-order chi connectivity index (χ1) is 12.1. The summed E-state index contributed by atoms with van der Waals surface area (Å²) in [6.45, 7) is 0. The van der Waals surface area contributed by atoms with Crippen molar-refractivity contribution in [1.29, 1.82) is 0 Å². The van der Waals surface area contributed by atoms with Crippen LogP contribution in [-0.4, -0.2) is 15.7 Å². The molecule has 0 unspecified atom stereocenters. The van der Waals surface area contributed by atoms with Crippen molar-refractivity contribution in [2.45, 2.75) is 19.3 Å². The molecule has 3 aromatic rings.